The van der Waals surface area contributed by atoms with Crippen molar-refractivity contribution < 1.29 is 8.42 Å². The number of nitriles is 1. The van der Waals surface area contributed by atoms with Crippen LogP contribution in [0.5, 0.6) is 0 Å². The van der Waals surface area contributed by atoms with Crippen LogP contribution in [0, 0.1) is 11.3 Å². The fourth-order valence-electron chi connectivity index (χ4n) is 1.75. The van der Waals surface area contributed by atoms with Crippen LogP contribution in [0.4, 0.5) is 11.4 Å². The molecular formula is C14H14N4O2S. The highest BCUT2D eigenvalue weighted by atomic mass is 32.2. The van der Waals surface area contributed by atoms with E-state index in [-0.39, 0.29) is 17.1 Å². The maximum absolute atomic E-state index is 12.0. The van der Waals surface area contributed by atoms with Crippen LogP contribution < -0.4 is 10.5 Å². The van der Waals surface area contributed by atoms with Gasteiger partial charge in [-0.15, -0.1) is 0 Å². The molecule has 1 aromatic carbocycles. The Kier molecular flexibility index (Phi) is 4.40. The highest BCUT2D eigenvalue weighted by Gasteiger charge is 2.12. The summed E-state index contributed by atoms with van der Waals surface area (Å²) >= 11 is 0. The standard InChI is InChI=1S/C14H14N4O2S/c15-10-12-1-2-14(13(16)9-12)18-21(19,20)8-5-11-3-6-17-7-4-11/h1-4,6-7,9,18H,5,8,16H2. The lowest BCUT2D eigenvalue weighted by molar-refractivity contribution is 0.600. The van der Waals surface area contributed by atoms with Crippen LogP contribution in [0.2, 0.25) is 0 Å². The Balaban J connectivity index is 2.06. The first-order valence-corrected chi connectivity index (χ1v) is 7.84. The predicted molar refractivity (Wildman–Crippen MR) is 80.9 cm³/mol. The van der Waals surface area contributed by atoms with E-state index < -0.39 is 10.0 Å². The number of benzene rings is 1. The SMILES string of the molecule is N#Cc1ccc(NS(=O)(=O)CCc2ccncc2)c(N)c1. The van der Waals surface area contributed by atoms with Gasteiger partial charge in [0.1, 0.15) is 0 Å². The number of nitrogen functional groups attached to an aromatic ring is 1. The van der Waals surface area contributed by atoms with Crippen molar-refractivity contribution >= 4 is 21.4 Å². The number of nitrogens with zero attached hydrogens (tertiary/aromatic N) is 2. The van der Waals surface area contributed by atoms with Crippen molar-refractivity contribution in [1.82, 2.24) is 4.98 Å². The van der Waals surface area contributed by atoms with E-state index in [2.05, 4.69) is 9.71 Å². The van der Waals surface area contributed by atoms with Gasteiger partial charge in [-0.2, -0.15) is 5.26 Å². The molecule has 0 fully saturated rings. The lowest BCUT2D eigenvalue weighted by atomic mass is 10.2. The molecule has 0 aliphatic carbocycles. The maximum Gasteiger partial charge on any atom is 0.233 e. The molecule has 0 unspecified atom stereocenters. The Hall–Kier alpha value is -2.59. The van der Waals surface area contributed by atoms with Crippen molar-refractivity contribution in [3.63, 3.8) is 0 Å². The first kappa shape index (κ1) is 14.8. The van der Waals surface area contributed by atoms with Gasteiger partial charge in [0, 0.05) is 12.4 Å². The van der Waals surface area contributed by atoms with Gasteiger partial charge in [-0.25, -0.2) is 8.42 Å². The second kappa shape index (κ2) is 6.24. The minimum atomic E-state index is -3.51. The number of hydrogen-bond donors (Lipinski definition) is 2. The van der Waals surface area contributed by atoms with E-state index in [1.165, 1.54) is 18.2 Å². The minimum absolute atomic E-state index is 0.0591. The molecule has 21 heavy (non-hydrogen) atoms. The average molecular weight is 302 g/mol. The smallest absolute Gasteiger partial charge is 0.233 e. The molecule has 1 heterocycles. The minimum Gasteiger partial charge on any atom is -0.397 e. The molecule has 0 aliphatic rings. The maximum atomic E-state index is 12.0. The highest BCUT2D eigenvalue weighted by Crippen LogP contribution is 2.21. The molecule has 7 heteroatoms. The lowest BCUT2D eigenvalue weighted by Gasteiger charge is -2.10. The Morgan fingerprint density at radius 3 is 2.57 bits per heavy atom. The second-order valence-electron chi connectivity index (χ2n) is 4.44. The number of hydrogen-bond acceptors (Lipinski definition) is 5. The highest BCUT2D eigenvalue weighted by molar-refractivity contribution is 7.92. The Morgan fingerprint density at radius 1 is 1.24 bits per heavy atom. The molecule has 0 radical (unpaired) electrons. The largest absolute Gasteiger partial charge is 0.397 e. The summed E-state index contributed by atoms with van der Waals surface area (Å²) in [7, 11) is -3.51. The molecule has 2 aromatic rings. The predicted octanol–water partition coefficient (Wildman–Crippen LogP) is 1.52. The van der Waals surface area contributed by atoms with Crippen molar-refractivity contribution in [2.75, 3.05) is 16.2 Å². The molecule has 0 spiro atoms. The van der Waals surface area contributed by atoms with E-state index in [0.717, 1.165) is 5.56 Å². The summed E-state index contributed by atoms with van der Waals surface area (Å²) in [4.78, 5) is 3.88. The second-order valence-corrected chi connectivity index (χ2v) is 6.28. The third-order valence-corrected chi connectivity index (χ3v) is 4.13. The third kappa shape index (κ3) is 4.19. The van der Waals surface area contributed by atoms with Crippen LogP contribution >= 0.6 is 0 Å². The molecule has 3 N–H and O–H groups in total. The van der Waals surface area contributed by atoms with Crippen LogP contribution in [-0.4, -0.2) is 19.2 Å². The van der Waals surface area contributed by atoms with E-state index in [9.17, 15) is 8.42 Å². The summed E-state index contributed by atoms with van der Waals surface area (Å²) in [6.07, 6.45) is 3.62. The van der Waals surface area contributed by atoms with Gasteiger partial charge >= 0.3 is 0 Å². The van der Waals surface area contributed by atoms with E-state index in [1.54, 1.807) is 24.5 Å². The summed E-state index contributed by atoms with van der Waals surface area (Å²) < 4.78 is 26.5. The quantitative estimate of drug-likeness (QED) is 0.814. The van der Waals surface area contributed by atoms with E-state index in [0.29, 0.717) is 12.0 Å². The van der Waals surface area contributed by atoms with Gasteiger partial charge in [0.05, 0.1) is 28.8 Å². The molecule has 0 atom stereocenters. The van der Waals surface area contributed by atoms with E-state index >= 15 is 0 Å². The normalized spacial score (nSPS) is 10.8. The number of rotatable bonds is 5. The van der Waals surface area contributed by atoms with Gasteiger partial charge in [-0.1, -0.05) is 0 Å². The van der Waals surface area contributed by atoms with Gasteiger partial charge in [0.25, 0.3) is 0 Å². The molecule has 1 aromatic heterocycles. The molecule has 2 rings (SSSR count). The molecule has 6 nitrogen and oxygen atoms in total. The summed E-state index contributed by atoms with van der Waals surface area (Å²) in [6, 6.07) is 9.91. The number of aromatic nitrogens is 1. The molecular weight excluding hydrogens is 288 g/mol. The molecule has 0 amide bonds. The number of nitrogens with one attached hydrogen (secondary N) is 1. The van der Waals surface area contributed by atoms with Crippen molar-refractivity contribution in [2.45, 2.75) is 6.42 Å². The average Bonchev–Trinajstić information content (AvgIpc) is 2.48. The Morgan fingerprint density at radius 2 is 1.95 bits per heavy atom. The van der Waals surface area contributed by atoms with Gasteiger partial charge in [-0.3, -0.25) is 9.71 Å². The van der Waals surface area contributed by atoms with Crippen molar-refractivity contribution in [2.24, 2.45) is 0 Å². The van der Waals surface area contributed by atoms with Crippen molar-refractivity contribution in [1.29, 1.82) is 5.26 Å². The number of sulfonamides is 1. The fourth-order valence-corrected chi connectivity index (χ4v) is 2.87. The Labute approximate surface area is 123 Å². The lowest BCUT2D eigenvalue weighted by Crippen LogP contribution is -2.19. The number of aryl methyl sites for hydroxylation is 1. The van der Waals surface area contributed by atoms with Crippen LogP contribution in [0.3, 0.4) is 0 Å². The van der Waals surface area contributed by atoms with Gasteiger partial charge in [-0.05, 0) is 42.3 Å². The zero-order chi connectivity index (χ0) is 15.3. The van der Waals surface area contributed by atoms with Crippen molar-refractivity contribution in [3.05, 3.63) is 53.9 Å². The zero-order valence-electron chi connectivity index (χ0n) is 11.2. The topological polar surface area (TPSA) is 109 Å². The molecule has 108 valence electrons. The van der Waals surface area contributed by atoms with E-state index in [4.69, 9.17) is 11.0 Å². The van der Waals surface area contributed by atoms with Crippen molar-refractivity contribution in [3.8, 4) is 6.07 Å². The van der Waals surface area contributed by atoms with Crippen LogP contribution in [0.25, 0.3) is 0 Å². The van der Waals surface area contributed by atoms with E-state index in [1.807, 2.05) is 6.07 Å². The summed E-state index contributed by atoms with van der Waals surface area (Å²) in [5, 5.41) is 8.75. The number of nitrogens with two attached hydrogens (primary N) is 1. The van der Waals surface area contributed by atoms with Crippen LogP contribution in [0.15, 0.2) is 42.7 Å². The zero-order valence-corrected chi connectivity index (χ0v) is 12.0. The first-order valence-electron chi connectivity index (χ1n) is 6.19. The van der Waals surface area contributed by atoms with Crippen LogP contribution in [-0.2, 0) is 16.4 Å². The number of pyridine rings is 1. The van der Waals surface area contributed by atoms with Gasteiger partial charge < -0.3 is 5.73 Å². The fraction of sp³-hybridized carbons (Fsp3) is 0.143. The summed E-state index contributed by atoms with van der Waals surface area (Å²) in [6.45, 7) is 0. The molecule has 0 saturated carbocycles. The monoisotopic (exact) mass is 302 g/mol. The van der Waals surface area contributed by atoms with Gasteiger partial charge in [0.2, 0.25) is 10.0 Å². The first-order chi connectivity index (χ1) is 10.00. The third-order valence-electron chi connectivity index (χ3n) is 2.85. The summed E-state index contributed by atoms with van der Waals surface area (Å²) in [5.41, 5.74) is 7.50. The molecule has 0 aliphatic heterocycles. The number of anilines is 2. The Bertz CT molecular complexity index is 767. The molecule has 0 bridgehead atoms. The summed E-state index contributed by atoms with van der Waals surface area (Å²) in [5.74, 6) is -0.0591. The van der Waals surface area contributed by atoms with Gasteiger partial charge in [0.15, 0.2) is 0 Å². The molecule has 0 saturated heterocycles. The van der Waals surface area contributed by atoms with Crippen LogP contribution in [0.1, 0.15) is 11.1 Å².